The first-order valence-corrected chi connectivity index (χ1v) is 11.4. The van der Waals surface area contributed by atoms with Crippen molar-refractivity contribution >= 4 is 16.8 Å². The van der Waals surface area contributed by atoms with Crippen molar-refractivity contribution in [1.29, 1.82) is 0 Å². The van der Waals surface area contributed by atoms with Crippen LogP contribution >= 0.6 is 11.8 Å². The van der Waals surface area contributed by atoms with Gasteiger partial charge in [-0.25, -0.2) is 0 Å². The smallest absolute Gasteiger partial charge is 0.108 e. The summed E-state index contributed by atoms with van der Waals surface area (Å²) in [7, 11) is 0. The van der Waals surface area contributed by atoms with Gasteiger partial charge in [-0.1, -0.05) is 60.3 Å². The van der Waals surface area contributed by atoms with Gasteiger partial charge in [0, 0.05) is 29.9 Å². The molecule has 146 valence electrons. The van der Waals surface area contributed by atoms with Gasteiger partial charge in [-0.15, -0.1) is 0 Å². The SMILES string of the molecule is NC1(C2C=CC(C34CC3(c3ccccc3)SC(c3ccncc3)=N4)=CC2)CCC1. The van der Waals surface area contributed by atoms with Crippen LogP contribution in [0.4, 0.5) is 0 Å². The van der Waals surface area contributed by atoms with Crippen LogP contribution in [0.3, 0.4) is 0 Å². The van der Waals surface area contributed by atoms with E-state index in [4.69, 9.17) is 10.7 Å². The van der Waals surface area contributed by atoms with E-state index in [2.05, 4.69) is 65.7 Å². The summed E-state index contributed by atoms with van der Waals surface area (Å²) in [6.45, 7) is 0. The molecule has 0 amide bonds. The Morgan fingerprint density at radius 3 is 2.48 bits per heavy atom. The van der Waals surface area contributed by atoms with Gasteiger partial charge in [-0.2, -0.15) is 0 Å². The molecule has 1 aromatic carbocycles. The molecule has 0 saturated heterocycles. The van der Waals surface area contributed by atoms with Crippen LogP contribution < -0.4 is 5.73 Å². The Morgan fingerprint density at radius 1 is 1.03 bits per heavy atom. The second-order valence-electron chi connectivity index (χ2n) is 8.93. The summed E-state index contributed by atoms with van der Waals surface area (Å²) in [5.41, 5.74) is 10.4. The summed E-state index contributed by atoms with van der Waals surface area (Å²) in [4.78, 5) is 9.53. The van der Waals surface area contributed by atoms with Gasteiger partial charge in [0.15, 0.2) is 0 Å². The van der Waals surface area contributed by atoms with E-state index >= 15 is 0 Å². The molecule has 3 nitrogen and oxygen atoms in total. The minimum absolute atomic E-state index is 0.00669. The van der Waals surface area contributed by atoms with Gasteiger partial charge in [-0.05, 0) is 54.9 Å². The lowest BCUT2D eigenvalue weighted by Gasteiger charge is -2.44. The number of aliphatic imine (C=N–C) groups is 1. The number of hydrogen-bond acceptors (Lipinski definition) is 4. The average Bonchev–Trinajstić information content (AvgIpc) is 3.30. The number of pyridine rings is 1. The molecule has 2 saturated carbocycles. The van der Waals surface area contributed by atoms with Gasteiger partial charge >= 0.3 is 0 Å². The largest absolute Gasteiger partial charge is 0.325 e. The highest BCUT2D eigenvalue weighted by atomic mass is 32.2. The molecular weight excluding hydrogens is 374 g/mol. The number of benzene rings is 1. The zero-order valence-electron chi connectivity index (χ0n) is 16.4. The molecule has 6 rings (SSSR count). The highest BCUT2D eigenvalue weighted by Crippen LogP contribution is 2.74. The third-order valence-electron chi connectivity index (χ3n) is 7.38. The third kappa shape index (κ3) is 2.48. The van der Waals surface area contributed by atoms with Crippen molar-refractivity contribution in [2.24, 2.45) is 16.6 Å². The van der Waals surface area contributed by atoms with Crippen LogP contribution in [0.5, 0.6) is 0 Å². The number of thioether (sulfide) groups is 1. The van der Waals surface area contributed by atoms with E-state index in [1.54, 1.807) is 0 Å². The lowest BCUT2D eigenvalue weighted by atomic mass is 9.66. The van der Waals surface area contributed by atoms with Crippen molar-refractivity contribution in [3.05, 3.63) is 89.8 Å². The molecule has 0 radical (unpaired) electrons. The molecular formula is C25H25N3S. The van der Waals surface area contributed by atoms with Crippen molar-refractivity contribution in [2.45, 2.75) is 47.9 Å². The first-order valence-electron chi connectivity index (χ1n) is 10.6. The van der Waals surface area contributed by atoms with E-state index in [0.717, 1.165) is 30.7 Å². The predicted octanol–water partition coefficient (Wildman–Crippen LogP) is 5.00. The predicted molar refractivity (Wildman–Crippen MR) is 120 cm³/mol. The number of nitrogens with two attached hydrogens (primary N) is 1. The fourth-order valence-electron chi connectivity index (χ4n) is 5.36. The minimum atomic E-state index is -0.152. The lowest BCUT2D eigenvalue weighted by Crippen LogP contribution is -2.52. The molecule has 29 heavy (non-hydrogen) atoms. The summed E-state index contributed by atoms with van der Waals surface area (Å²) >= 11 is 1.93. The van der Waals surface area contributed by atoms with Crippen LogP contribution in [0.1, 0.15) is 43.2 Å². The van der Waals surface area contributed by atoms with Gasteiger partial charge in [-0.3, -0.25) is 9.98 Å². The van der Waals surface area contributed by atoms with Crippen LogP contribution in [-0.4, -0.2) is 21.1 Å². The zero-order valence-corrected chi connectivity index (χ0v) is 17.2. The van der Waals surface area contributed by atoms with Gasteiger partial charge < -0.3 is 5.73 Å². The Kier molecular flexibility index (Phi) is 3.76. The number of aromatic nitrogens is 1. The molecule has 2 N–H and O–H groups in total. The van der Waals surface area contributed by atoms with Gasteiger partial charge in [0.05, 0.1) is 9.79 Å². The maximum atomic E-state index is 6.62. The molecule has 2 heterocycles. The highest BCUT2D eigenvalue weighted by Gasteiger charge is 2.74. The molecule has 0 spiro atoms. The standard InChI is InChI=1S/C25H25N3S/c26-23(13-4-14-23)19-7-9-20(10-8-19)24-17-25(24,21-5-2-1-3-6-21)29-22(28-24)18-11-15-27-16-12-18/h1-3,5-7,9-12,15-16,19H,4,8,13-14,17,26H2. The highest BCUT2D eigenvalue weighted by molar-refractivity contribution is 8.15. The van der Waals surface area contributed by atoms with Crippen LogP contribution in [0.2, 0.25) is 0 Å². The van der Waals surface area contributed by atoms with E-state index in [9.17, 15) is 0 Å². The summed E-state index contributed by atoms with van der Waals surface area (Å²) < 4.78 is 0.00669. The molecule has 0 bridgehead atoms. The zero-order chi connectivity index (χ0) is 19.5. The van der Waals surface area contributed by atoms with Gasteiger partial charge in [0.25, 0.3) is 0 Å². The molecule has 4 aliphatic rings. The second kappa shape index (κ2) is 6.16. The maximum absolute atomic E-state index is 6.62. The third-order valence-corrected chi connectivity index (χ3v) is 8.97. The summed E-state index contributed by atoms with van der Waals surface area (Å²) in [6, 6.07) is 15.1. The monoisotopic (exact) mass is 399 g/mol. The molecule has 3 unspecified atom stereocenters. The van der Waals surface area contributed by atoms with Crippen molar-refractivity contribution in [3.8, 4) is 0 Å². The maximum Gasteiger partial charge on any atom is 0.108 e. The Hall–Kier alpha value is -2.17. The number of hydrogen-bond donors (Lipinski definition) is 1. The Morgan fingerprint density at radius 2 is 1.83 bits per heavy atom. The molecule has 1 aliphatic heterocycles. The molecule has 2 aromatic rings. The summed E-state index contributed by atoms with van der Waals surface area (Å²) in [5.74, 6) is 0.471. The number of fused-ring (bicyclic) bond motifs is 1. The number of rotatable bonds is 4. The van der Waals surface area contributed by atoms with Gasteiger partial charge in [0.2, 0.25) is 0 Å². The first kappa shape index (κ1) is 17.7. The summed E-state index contributed by atoms with van der Waals surface area (Å²) in [5, 5.41) is 1.13. The van der Waals surface area contributed by atoms with E-state index in [-0.39, 0.29) is 15.8 Å². The van der Waals surface area contributed by atoms with Crippen LogP contribution in [-0.2, 0) is 4.75 Å². The van der Waals surface area contributed by atoms with E-state index < -0.39 is 0 Å². The van der Waals surface area contributed by atoms with E-state index in [1.807, 2.05) is 24.2 Å². The summed E-state index contributed by atoms with van der Waals surface area (Å²) in [6.07, 6.45) is 16.6. The van der Waals surface area contributed by atoms with Crippen molar-refractivity contribution in [2.75, 3.05) is 0 Å². The minimum Gasteiger partial charge on any atom is -0.325 e. The average molecular weight is 400 g/mol. The molecule has 2 fully saturated rings. The van der Waals surface area contributed by atoms with Crippen molar-refractivity contribution in [1.82, 2.24) is 4.98 Å². The molecule has 4 heteroatoms. The van der Waals surface area contributed by atoms with Crippen molar-refractivity contribution in [3.63, 3.8) is 0 Å². The Balaban J connectivity index is 1.38. The van der Waals surface area contributed by atoms with Crippen LogP contribution in [0.25, 0.3) is 0 Å². The molecule has 3 atom stereocenters. The number of nitrogens with zero attached hydrogens (tertiary/aromatic N) is 2. The van der Waals surface area contributed by atoms with Crippen LogP contribution in [0.15, 0.2) is 83.7 Å². The van der Waals surface area contributed by atoms with Gasteiger partial charge in [0.1, 0.15) is 5.54 Å². The normalized spacial score (nSPS) is 34.0. The Bertz CT molecular complexity index is 1040. The van der Waals surface area contributed by atoms with E-state index in [1.165, 1.54) is 23.1 Å². The fourth-order valence-corrected chi connectivity index (χ4v) is 7.01. The lowest BCUT2D eigenvalue weighted by molar-refractivity contribution is 0.183. The molecule has 1 aromatic heterocycles. The molecule has 3 aliphatic carbocycles. The first-order chi connectivity index (χ1) is 14.2. The van der Waals surface area contributed by atoms with Crippen molar-refractivity contribution < 1.29 is 0 Å². The van der Waals surface area contributed by atoms with E-state index in [0.29, 0.717) is 5.92 Å². The van der Waals surface area contributed by atoms with Crippen LogP contribution in [0, 0.1) is 5.92 Å². The quantitative estimate of drug-likeness (QED) is 0.787. The fraction of sp³-hybridized carbons (Fsp3) is 0.360. The number of allylic oxidation sites excluding steroid dienone is 1. The Labute approximate surface area is 176 Å². The second-order valence-corrected chi connectivity index (χ2v) is 10.2. The topological polar surface area (TPSA) is 51.3 Å².